The van der Waals surface area contributed by atoms with Gasteiger partial charge in [-0.2, -0.15) is 0 Å². The molecule has 0 rings (SSSR count). The predicted octanol–water partition coefficient (Wildman–Crippen LogP) is 2.12. The largest absolute Gasteiger partial charge is 0.327 e. The van der Waals surface area contributed by atoms with Crippen LogP contribution in [0.25, 0.3) is 0 Å². The maximum absolute atomic E-state index is 10.7. The highest BCUT2D eigenvalue weighted by Gasteiger charge is 2.16. The molecular weight excluding hydrogens is 429 g/mol. The third-order valence-corrected chi connectivity index (χ3v) is 10.0. The van der Waals surface area contributed by atoms with Crippen molar-refractivity contribution in [1.82, 2.24) is 0 Å². The third-order valence-electron chi connectivity index (χ3n) is 3.21. The number of hydrogen-bond acceptors (Lipinski definition) is 8. The van der Waals surface area contributed by atoms with E-state index in [1.54, 1.807) is 43.2 Å². The Morgan fingerprint density at radius 2 is 1.29 bits per heavy atom. The molecule has 0 fully saturated rings. The van der Waals surface area contributed by atoms with Crippen LogP contribution in [-0.2, 0) is 22.2 Å². The van der Waals surface area contributed by atoms with Gasteiger partial charge in [0.1, 0.15) is 0 Å². The normalized spacial score (nSPS) is 19.4. The fourth-order valence-electron chi connectivity index (χ4n) is 1.43. The second kappa shape index (κ2) is 15.6. The molecule has 0 aliphatic heterocycles. The van der Waals surface area contributed by atoms with E-state index in [-0.39, 0.29) is 35.4 Å². The van der Waals surface area contributed by atoms with Gasteiger partial charge in [-0.15, -0.1) is 0 Å². The zero-order valence-corrected chi connectivity index (χ0v) is 18.8. The molecule has 2 unspecified atom stereocenters. The highest BCUT2D eigenvalue weighted by molar-refractivity contribution is 8.78. The minimum Gasteiger partial charge on any atom is -0.327 e. The van der Waals surface area contributed by atoms with Crippen LogP contribution in [0.5, 0.6) is 0 Å². The number of hydrogen-bond donors (Lipinski definition) is 4. The SMILES string of the molecule is C[C@@H](CS(=O)O)[C@@H](N)CSSCCSSC[C@H](C)[C@@H](N)CS(=O)O. The fraction of sp³-hybridized carbons (Fsp3) is 1.00. The Balaban J connectivity index is 3.54. The van der Waals surface area contributed by atoms with Crippen LogP contribution >= 0.6 is 43.2 Å². The molecular formula is C12H28N2O4S6. The molecule has 0 saturated heterocycles. The quantitative estimate of drug-likeness (QED) is 0.165. The standard InChI is InChI=1S/C12H28N2O4S6/c1-9(12(14)8-24(17)18)5-21-19-3-4-20-22-6-11(13)10(2)7-23(15)16/h9-12H,3-8,13-14H2,1-2H3,(H,15,16)(H,17,18)/t9-,10-,11-,12-/m0/s1. The van der Waals surface area contributed by atoms with Crippen LogP contribution in [0.3, 0.4) is 0 Å². The van der Waals surface area contributed by atoms with Crippen molar-refractivity contribution in [1.29, 1.82) is 0 Å². The molecule has 146 valence electrons. The maximum Gasteiger partial charge on any atom is 0.154 e. The van der Waals surface area contributed by atoms with Crippen molar-refractivity contribution in [3.05, 3.63) is 0 Å². The summed E-state index contributed by atoms with van der Waals surface area (Å²) in [6.07, 6.45) is 0. The molecule has 0 spiro atoms. The molecule has 6 N–H and O–H groups in total. The van der Waals surface area contributed by atoms with E-state index in [2.05, 4.69) is 0 Å². The van der Waals surface area contributed by atoms with Crippen molar-refractivity contribution < 1.29 is 17.5 Å². The number of nitrogens with two attached hydrogens (primary N) is 2. The van der Waals surface area contributed by atoms with E-state index in [4.69, 9.17) is 20.6 Å². The summed E-state index contributed by atoms with van der Waals surface area (Å²) in [5.74, 6) is 4.22. The molecule has 0 radical (unpaired) electrons. The molecule has 0 amide bonds. The maximum atomic E-state index is 10.7. The summed E-state index contributed by atoms with van der Waals surface area (Å²) in [7, 11) is 6.97. The summed E-state index contributed by atoms with van der Waals surface area (Å²) in [6.45, 7) is 3.90. The van der Waals surface area contributed by atoms with Gasteiger partial charge in [-0.3, -0.25) is 0 Å². The van der Waals surface area contributed by atoms with Crippen LogP contribution < -0.4 is 11.5 Å². The molecule has 0 aromatic heterocycles. The third kappa shape index (κ3) is 14.7. The van der Waals surface area contributed by atoms with E-state index in [1.807, 2.05) is 13.8 Å². The fourth-order valence-corrected chi connectivity index (χ4v) is 8.33. The molecule has 12 heteroatoms. The van der Waals surface area contributed by atoms with E-state index in [0.29, 0.717) is 0 Å². The first-order chi connectivity index (χ1) is 11.2. The summed E-state index contributed by atoms with van der Waals surface area (Å²) < 4.78 is 39.1. The van der Waals surface area contributed by atoms with Crippen LogP contribution in [0.15, 0.2) is 0 Å². The zero-order valence-electron chi connectivity index (χ0n) is 13.9. The highest BCUT2D eigenvalue weighted by Crippen LogP contribution is 2.29. The van der Waals surface area contributed by atoms with Crippen molar-refractivity contribution in [3.8, 4) is 0 Å². The van der Waals surface area contributed by atoms with Crippen molar-refractivity contribution in [3.63, 3.8) is 0 Å². The minimum absolute atomic E-state index is 0.0350. The van der Waals surface area contributed by atoms with Gasteiger partial charge in [-0.25, -0.2) is 8.42 Å². The monoisotopic (exact) mass is 456 g/mol. The van der Waals surface area contributed by atoms with Crippen LogP contribution in [0.2, 0.25) is 0 Å². The molecule has 0 heterocycles. The first kappa shape index (κ1) is 25.5. The Morgan fingerprint density at radius 3 is 1.79 bits per heavy atom. The summed E-state index contributed by atoms with van der Waals surface area (Å²) in [5.41, 5.74) is 11.8. The van der Waals surface area contributed by atoms with Gasteiger partial charge in [0.05, 0.1) is 11.5 Å². The van der Waals surface area contributed by atoms with Crippen molar-refractivity contribution in [2.24, 2.45) is 23.3 Å². The lowest BCUT2D eigenvalue weighted by Crippen LogP contribution is -2.34. The van der Waals surface area contributed by atoms with Crippen LogP contribution in [0.4, 0.5) is 0 Å². The predicted molar refractivity (Wildman–Crippen MR) is 115 cm³/mol. The number of rotatable bonds is 15. The molecule has 24 heavy (non-hydrogen) atoms. The van der Waals surface area contributed by atoms with Gasteiger partial charge < -0.3 is 20.6 Å². The van der Waals surface area contributed by atoms with Crippen LogP contribution in [0, 0.1) is 11.8 Å². The molecule has 0 aliphatic rings. The molecule has 6 nitrogen and oxygen atoms in total. The average Bonchev–Trinajstić information content (AvgIpc) is 2.47. The zero-order chi connectivity index (χ0) is 18.5. The Morgan fingerprint density at radius 1 is 0.792 bits per heavy atom. The lowest BCUT2D eigenvalue weighted by atomic mass is 10.1. The minimum atomic E-state index is -1.83. The molecule has 0 bridgehead atoms. The molecule has 0 aromatic rings. The van der Waals surface area contributed by atoms with Gasteiger partial charge in [0.25, 0.3) is 0 Å². The van der Waals surface area contributed by atoms with Gasteiger partial charge in [0.2, 0.25) is 0 Å². The first-order valence-corrected chi connectivity index (χ1v) is 14.9. The van der Waals surface area contributed by atoms with Crippen molar-refractivity contribution >= 4 is 65.3 Å². The molecule has 6 atom stereocenters. The topological polar surface area (TPSA) is 127 Å². The van der Waals surface area contributed by atoms with Gasteiger partial charge in [0, 0.05) is 35.1 Å². The summed E-state index contributed by atoms with van der Waals surface area (Å²) in [5, 5.41) is 0. The molecule has 0 saturated carbocycles. The van der Waals surface area contributed by atoms with E-state index >= 15 is 0 Å². The first-order valence-electron chi connectivity index (χ1n) is 7.38. The Bertz CT molecular complexity index is 345. The van der Waals surface area contributed by atoms with Gasteiger partial charge >= 0.3 is 0 Å². The highest BCUT2D eigenvalue weighted by atomic mass is 33.1. The summed E-state index contributed by atoms with van der Waals surface area (Å²) in [6, 6.07) is -0.314. The van der Waals surface area contributed by atoms with Gasteiger partial charge in [0.15, 0.2) is 22.2 Å². The Hall–Kier alpha value is 1.54. The lowest BCUT2D eigenvalue weighted by molar-refractivity contribution is 0.506. The van der Waals surface area contributed by atoms with Crippen LogP contribution in [-0.4, -0.2) is 64.1 Å². The van der Waals surface area contributed by atoms with E-state index in [0.717, 1.165) is 23.0 Å². The molecule has 0 aliphatic carbocycles. The van der Waals surface area contributed by atoms with E-state index in [1.165, 1.54) is 0 Å². The lowest BCUT2D eigenvalue weighted by Gasteiger charge is -2.18. The smallest absolute Gasteiger partial charge is 0.154 e. The molecule has 0 aromatic carbocycles. The Labute approximate surface area is 165 Å². The summed E-state index contributed by atoms with van der Waals surface area (Å²) in [4.78, 5) is 0. The van der Waals surface area contributed by atoms with E-state index in [9.17, 15) is 8.42 Å². The second-order valence-corrected chi connectivity index (χ2v) is 12.7. The van der Waals surface area contributed by atoms with Crippen molar-refractivity contribution in [2.45, 2.75) is 25.9 Å². The van der Waals surface area contributed by atoms with E-state index < -0.39 is 22.2 Å². The Kier molecular flexibility index (Phi) is 16.6. The van der Waals surface area contributed by atoms with Gasteiger partial charge in [-0.1, -0.05) is 57.0 Å². The van der Waals surface area contributed by atoms with Crippen LogP contribution in [0.1, 0.15) is 13.8 Å². The summed E-state index contributed by atoms with van der Waals surface area (Å²) >= 11 is -3.61. The average molecular weight is 457 g/mol. The van der Waals surface area contributed by atoms with Crippen molar-refractivity contribution in [2.75, 3.05) is 34.5 Å². The second-order valence-electron chi connectivity index (χ2n) is 5.47. The van der Waals surface area contributed by atoms with Gasteiger partial charge in [-0.05, 0) is 11.8 Å².